The number of hydrogen-bond acceptors (Lipinski definition) is 3. The third kappa shape index (κ3) is 2.38. The fourth-order valence-electron chi connectivity index (χ4n) is 1.33. The molecule has 4 nitrogen and oxygen atoms in total. The van der Waals surface area contributed by atoms with Gasteiger partial charge in [0.05, 0.1) is 10.3 Å². The van der Waals surface area contributed by atoms with Crippen LogP contribution in [-0.4, -0.2) is 4.92 Å². The van der Waals surface area contributed by atoms with Crippen molar-refractivity contribution in [1.29, 1.82) is 0 Å². The molecule has 0 saturated carbocycles. The number of benzene rings is 1. The highest BCUT2D eigenvalue weighted by Gasteiger charge is 2.08. The van der Waals surface area contributed by atoms with E-state index in [1.165, 1.54) is 6.07 Å². The quantitative estimate of drug-likeness (QED) is 0.452. The molecule has 0 amide bonds. The van der Waals surface area contributed by atoms with Gasteiger partial charge in [-0.1, -0.05) is 23.5 Å². The highest BCUT2D eigenvalue weighted by atomic mass is 32.1. The summed E-state index contributed by atoms with van der Waals surface area (Å²) >= 11 is 1.60. The number of hydrogen-bond donors (Lipinski definition) is 0. The molecule has 15 heavy (non-hydrogen) atoms. The lowest BCUT2D eigenvalue weighted by atomic mass is 10.2. The molecule has 2 aromatic rings. The molecule has 2 rings (SSSR count). The van der Waals surface area contributed by atoms with E-state index < -0.39 is 0 Å². The highest BCUT2D eigenvalue weighted by Crippen LogP contribution is 2.12. The Bertz CT molecular complexity index is 468. The van der Waals surface area contributed by atoms with Gasteiger partial charge in [-0.25, -0.2) is 0 Å². The van der Waals surface area contributed by atoms with Crippen molar-refractivity contribution in [2.45, 2.75) is 6.54 Å². The molecule has 0 aliphatic rings. The lowest BCUT2D eigenvalue weighted by Gasteiger charge is -1.95. The van der Waals surface area contributed by atoms with E-state index in [4.69, 9.17) is 0 Å². The standard InChI is InChI=1S/C10H9N2O2S/c13-12(14)10-3-1-2-9(6-10)7-11-4-5-15-8-11/h1-6,8H,7H2/q+1. The molecule has 0 aliphatic carbocycles. The fourth-order valence-corrected chi connectivity index (χ4v) is 1.93. The van der Waals surface area contributed by atoms with E-state index in [-0.39, 0.29) is 10.6 Å². The summed E-state index contributed by atoms with van der Waals surface area (Å²) in [6.45, 7) is 0.672. The molecule has 0 spiro atoms. The molecule has 0 N–H and O–H groups in total. The van der Waals surface area contributed by atoms with Crippen LogP contribution in [0.4, 0.5) is 5.69 Å². The van der Waals surface area contributed by atoms with Crippen molar-refractivity contribution >= 4 is 17.0 Å². The number of thiazole rings is 1. The molecule has 1 aromatic heterocycles. The van der Waals surface area contributed by atoms with E-state index in [9.17, 15) is 10.1 Å². The van der Waals surface area contributed by atoms with Crippen LogP contribution in [0, 0.1) is 10.1 Å². The van der Waals surface area contributed by atoms with Crippen LogP contribution in [0.25, 0.3) is 0 Å². The zero-order chi connectivity index (χ0) is 10.7. The van der Waals surface area contributed by atoms with Gasteiger partial charge in [0, 0.05) is 17.7 Å². The van der Waals surface area contributed by atoms with Gasteiger partial charge in [0.25, 0.3) is 5.69 Å². The normalized spacial score (nSPS) is 10.1. The summed E-state index contributed by atoms with van der Waals surface area (Å²) in [5, 5.41) is 12.5. The summed E-state index contributed by atoms with van der Waals surface area (Å²) < 4.78 is 1.99. The Labute approximate surface area is 90.6 Å². The number of nitrogens with zero attached hydrogens (tertiary/aromatic N) is 2. The lowest BCUT2D eigenvalue weighted by Crippen LogP contribution is -2.30. The molecule has 0 aliphatic heterocycles. The Kier molecular flexibility index (Phi) is 2.73. The van der Waals surface area contributed by atoms with Gasteiger partial charge >= 0.3 is 0 Å². The maximum Gasteiger partial charge on any atom is 0.269 e. The van der Waals surface area contributed by atoms with Gasteiger partial charge in [0.1, 0.15) is 0 Å². The van der Waals surface area contributed by atoms with Crippen molar-refractivity contribution in [3.63, 3.8) is 0 Å². The number of rotatable bonds is 3. The average molecular weight is 221 g/mol. The maximum atomic E-state index is 10.6. The van der Waals surface area contributed by atoms with Gasteiger partial charge in [0.2, 0.25) is 5.51 Å². The number of non-ortho nitro benzene ring substituents is 1. The Morgan fingerprint density at radius 2 is 2.33 bits per heavy atom. The monoisotopic (exact) mass is 221 g/mol. The zero-order valence-electron chi connectivity index (χ0n) is 7.87. The minimum Gasteiger partial charge on any atom is -0.258 e. The van der Waals surface area contributed by atoms with Crippen molar-refractivity contribution in [2.75, 3.05) is 0 Å². The van der Waals surface area contributed by atoms with Crippen molar-refractivity contribution in [3.05, 3.63) is 57.0 Å². The minimum absolute atomic E-state index is 0.142. The SMILES string of the molecule is O=[N+]([O-])c1cccc(C[n+]2ccsc2)c1. The van der Waals surface area contributed by atoms with Crippen molar-refractivity contribution < 1.29 is 9.49 Å². The first kappa shape index (κ1) is 9.79. The lowest BCUT2D eigenvalue weighted by molar-refractivity contribution is -0.683. The van der Waals surface area contributed by atoms with Gasteiger partial charge in [-0.15, -0.1) is 0 Å². The van der Waals surface area contributed by atoms with Gasteiger partial charge < -0.3 is 0 Å². The second-order valence-electron chi connectivity index (χ2n) is 3.13. The Balaban J connectivity index is 2.22. The van der Waals surface area contributed by atoms with Crippen LogP contribution in [0.5, 0.6) is 0 Å². The van der Waals surface area contributed by atoms with Crippen molar-refractivity contribution in [1.82, 2.24) is 0 Å². The van der Waals surface area contributed by atoms with Crippen molar-refractivity contribution in [2.24, 2.45) is 0 Å². The average Bonchev–Trinajstić information content (AvgIpc) is 2.71. The second kappa shape index (κ2) is 4.18. The van der Waals surface area contributed by atoms with E-state index in [0.717, 1.165) is 5.56 Å². The van der Waals surface area contributed by atoms with Crippen molar-refractivity contribution in [3.8, 4) is 0 Å². The first-order valence-electron chi connectivity index (χ1n) is 4.40. The van der Waals surface area contributed by atoms with Gasteiger partial charge in [-0.05, 0) is 0 Å². The minimum atomic E-state index is -0.373. The molecule has 0 fully saturated rings. The van der Waals surface area contributed by atoms with E-state index in [0.29, 0.717) is 6.54 Å². The molecule has 1 heterocycles. The zero-order valence-corrected chi connectivity index (χ0v) is 8.68. The molecule has 0 radical (unpaired) electrons. The third-order valence-corrected chi connectivity index (χ3v) is 2.69. The molecule has 0 bridgehead atoms. The molecule has 0 saturated heterocycles. The van der Waals surface area contributed by atoms with Crippen LogP contribution in [0.3, 0.4) is 0 Å². The summed E-state index contributed by atoms with van der Waals surface area (Å²) in [6, 6.07) is 6.70. The van der Waals surface area contributed by atoms with Crippen LogP contribution in [0.1, 0.15) is 5.56 Å². The Hall–Kier alpha value is -1.75. The highest BCUT2D eigenvalue weighted by molar-refractivity contribution is 7.07. The predicted molar refractivity (Wildman–Crippen MR) is 56.7 cm³/mol. The second-order valence-corrected chi connectivity index (χ2v) is 3.88. The summed E-state index contributed by atoms with van der Waals surface area (Å²) in [5.41, 5.74) is 3.05. The molecule has 0 atom stereocenters. The van der Waals surface area contributed by atoms with Crippen LogP contribution in [0.2, 0.25) is 0 Å². The summed E-state index contributed by atoms with van der Waals surface area (Å²) in [7, 11) is 0. The predicted octanol–water partition coefficient (Wildman–Crippen LogP) is 1.99. The molecule has 0 unspecified atom stereocenters. The topological polar surface area (TPSA) is 47.0 Å². The summed E-state index contributed by atoms with van der Waals surface area (Å²) in [4.78, 5) is 10.2. The van der Waals surface area contributed by atoms with Gasteiger partial charge in [0.15, 0.2) is 12.7 Å². The smallest absolute Gasteiger partial charge is 0.258 e. The Morgan fingerprint density at radius 1 is 1.47 bits per heavy atom. The van der Waals surface area contributed by atoms with Crippen LogP contribution in [0.15, 0.2) is 41.4 Å². The molecular formula is C10H9N2O2S+. The first-order chi connectivity index (χ1) is 7.25. The summed E-state index contributed by atoms with van der Waals surface area (Å²) in [5.74, 6) is 0. The van der Waals surface area contributed by atoms with E-state index in [1.54, 1.807) is 23.5 Å². The van der Waals surface area contributed by atoms with Crippen LogP contribution < -0.4 is 4.57 Å². The number of aromatic nitrogens is 1. The summed E-state index contributed by atoms with van der Waals surface area (Å²) in [6.07, 6.45) is 1.95. The molecule has 76 valence electrons. The van der Waals surface area contributed by atoms with Gasteiger partial charge in [-0.2, -0.15) is 4.57 Å². The maximum absolute atomic E-state index is 10.6. The largest absolute Gasteiger partial charge is 0.269 e. The molecule has 1 aromatic carbocycles. The molecular weight excluding hydrogens is 212 g/mol. The molecule has 5 heteroatoms. The van der Waals surface area contributed by atoms with E-state index in [2.05, 4.69) is 0 Å². The number of nitro benzene ring substituents is 1. The van der Waals surface area contributed by atoms with E-state index in [1.807, 2.05) is 27.7 Å². The Morgan fingerprint density at radius 3 is 3.00 bits per heavy atom. The van der Waals surface area contributed by atoms with Gasteiger partial charge in [-0.3, -0.25) is 10.1 Å². The third-order valence-electron chi connectivity index (χ3n) is 2.01. The van der Waals surface area contributed by atoms with E-state index >= 15 is 0 Å². The van der Waals surface area contributed by atoms with Crippen LogP contribution >= 0.6 is 11.3 Å². The fraction of sp³-hybridized carbons (Fsp3) is 0.100. The van der Waals surface area contributed by atoms with Crippen LogP contribution in [-0.2, 0) is 6.54 Å². The first-order valence-corrected chi connectivity index (χ1v) is 5.34. The number of nitro groups is 1.